The Kier molecular flexibility index (Phi) is 2.55. The number of hydrogen-bond acceptors (Lipinski definition) is 4. The maximum absolute atomic E-state index is 11.5. The fraction of sp³-hybridized carbons (Fsp3) is 0.400. The van der Waals surface area contributed by atoms with Crippen LogP contribution in [0.1, 0.15) is 27.8 Å². The number of ether oxygens (including phenoxy) is 1. The van der Waals surface area contributed by atoms with Gasteiger partial charge in [-0.3, -0.25) is 4.79 Å². The molecular formula is C10H12N2O4. The van der Waals surface area contributed by atoms with Gasteiger partial charge in [0.15, 0.2) is 5.75 Å². The van der Waals surface area contributed by atoms with Crippen LogP contribution in [-0.2, 0) is 11.3 Å². The molecule has 1 aliphatic heterocycles. The van der Waals surface area contributed by atoms with Gasteiger partial charge in [0.2, 0.25) is 0 Å². The molecule has 2 N–H and O–H groups in total. The molecule has 1 aromatic rings. The highest BCUT2D eigenvalue weighted by atomic mass is 16.5. The third-order valence-corrected chi connectivity index (χ3v) is 2.40. The zero-order valence-electron chi connectivity index (χ0n) is 8.82. The molecule has 1 amide bonds. The molecule has 0 spiro atoms. The monoisotopic (exact) mass is 224 g/mol. The summed E-state index contributed by atoms with van der Waals surface area (Å²) in [7, 11) is 0. The summed E-state index contributed by atoms with van der Waals surface area (Å²) in [5.74, 6) is -1.30. The number of carbonyl (C=O) groups excluding carboxylic acids is 2. The molecule has 0 saturated heterocycles. The molecule has 0 saturated carbocycles. The zero-order valence-corrected chi connectivity index (χ0v) is 8.82. The molecule has 0 atom stereocenters. The van der Waals surface area contributed by atoms with Crippen LogP contribution >= 0.6 is 0 Å². The van der Waals surface area contributed by atoms with Gasteiger partial charge in [-0.1, -0.05) is 0 Å². The number of carbonyl (C=O) groups is 2. The van der Waals surface area contributed by atoms with E-state index in [1.165, 1.54) is 6.20 Å². The third kappa shape index (κ3) is 1.52. The van der Waals surface area contributed by atoms with Crippen molar-refractivity contribution >= 4 is 11.9 Å². The minimum atomic E-state index is -0.616. The van der Waals surface area contributed by atoms with Crippen LogP contribution in [0.5, 0.6) is 5.75 Å². The van der Waals surface area contributed by atoms with E-state index in [9.17, 15) is 14.7 Å². The van der Waals surface area contributed by atoms with Gasteiger partial charge in [0.25, 0.3) is 5.91 Å². The summed E-state index contributed by atoms with van der Waals surface area (Å²) in [6.45, 7) is 2.93. The van der Waals surface area contributed by atoms with Gasteiger partial charge < -0.3 is 19.7 Å². The first-order valence-electron chi connectivity index (χ1n) is 5.02. The van der Waals surface area contributed by atoms with E-state index in [0.717, 1.165) is 0 Å². The first kappa shape index (κ1) is 10.5. The van der Waals surface area contributed by atoms with Crippen LogP contribution in [0.25, 0.3) is 0 Å². The number of aromatic nitrogens is 1. The minimum Gasteiger partial charge on any atom is -0.505 e. The summed E-state index contributed by atoms with van der Waals surface area (Å²) < 4.78 is 6.33. The first-order chi connectivity index (χ1) is 7.65. The van der Waals surface area contributed by atoms with Gasteiger partial charge in [0.05, 0.1) is 6.61 Å². The van der Waals surface area contributed by atoms with Gasteiger partial charge in [-0.05, 0) is 6.92 Å². The average molecular weight is 224 g/mol. The fourth-order valence-corrected chi connectivity index (χ4v) is 1.69. The Morgan fingerprint density at radius 2 is 2.44 bits per heavy atom. The van der Waals surface area contributed by atoms with Crippen molar-refractivity contribution in [2.24, 2.45) is 0 Å². The normalized spacial score (nSPS) is 14.2. The van der Waals surface area contributed by atoms with Crippen LogP contribution in [0.15, 0.2) is 6.20 Å². The smallest absolute Gasteiger partial charge is 0.343 e. The molecule has 2 heterocycles. The summed E-state index contributed by atoms with van der Waals surface area (Å²) in [6, 6.07) is 0. The highest BCUT2D eigenvalue weighted by Crippen LogP contribution is 2.27. The molecule has 0 aromatic carbocycles. The van der Waals surface area contributed by atoms with Crippen molar-refractivity contribution in [3.63, 3.8) is 0 Å². The summed E-state index contributed by atoms with van der Waals surface area (Å²) in [4.78, 5) is 22.9. The summed E-state index contributed by atoms with van der Waals surface area (Å²) >= 11 is 0. The van der Waals surface area contributed by atoms with Gasteiger partial charge in [-0.15, -0.1) is 0 Å². The van der Waals surface area contributed by atoms with Crippen LogP contribution in [0, 0.1) is 0 Å². The number of amides is 1. The van der Waals surface area contributed by atoms with Crippen molar-refractivity contribution in [3.05, 3.63) is 17.5 Å². The average Bonchev–Trinajstić information content (AvgIpc) is 2.58. The molecule has 2 rings (SSSR count). The number of esters is 1. The topological polar surface area (TPSA) is 80.6 Å². The van der Waals surface area contributed by atoms with Crippen molar-refractivity contribution in [2.75, 3.05) is 13.2 Å². The summed E-state index contributed by atoms with van der Waals surface area (Å²) in [5, 5.41) is 12.4. The van der Waals surface area contributed by atoms with Gasteiger partial charge in [0.1, 0.15) is 11.3 Å². The maximum Gasteiger partial charge on any atom is 0.343 e. The molecule has 1 aliphatic rings. The number of aromatic hydroxyl groups is 1. The molecule has 1 aromatic heterocycles. The SMILES string of the molecule is CCOC(=O)c1cn2c(c1O)C(=O)NCC2. The molecule has 0 radical (unpaired) electrons. The van der Waals surface area contributed by atoms with E-state index in [4.69, 9.17) is 4.74 Å². The van der Waals surface area contributed by atoms with E-state index < -0.39 is 5.97 Å². The van der Waals surface area contributed by atoms with Crippen LogP contribution in [0.2, 0.25) is 0 Å². The Bertz CT molecular complexity index is 450. The Balaban J connectivity index is 2.42. The zero-order chi connectivity index (χ0) is 11.7. The predicted octanol–water partition coefficient (Wildman–Crippen LogP) is 0.114. The molecule has 0 fully saturated rings. The number of hydrogen-bond donors (Lipinski definition) is 2. The Morgan fingerprint density at radius 3 is 3.06 bits per heavy atom. The summed E-state index contributed by atoms with van der Waals surface area (Å²) in [5.41, 5.74) is 0.156. The van der Waals surface area contributed by atoms with E-state index in [1.54, 1.807) is 11.5 Å². The fourth-order valence-electron chi connectivity index (χ4n) is 1.69. The molecule has 6 nitrogen and oxygen atoms in total. The number of nitrogens with one attached hydrogen (secondary N) is 1. The Hall–Kier alpha value is -1.98. The van der Waals surface area contributed by atoms with Crippen LogP contribution in [-0.4, -0.2) is 34.7 Å². The molecule has 0 aliphatic carbocycles. The van der Waals surface area contributed by atoms with E-state index in [1.807, 2.05) is 0 Å². The molecule has 6 heteroatoms. The second-order valence-corrected chi connectivity index (χ2v) is 3.41. The van der Waals surface area contributed by atoms with E-state index in [0.29, 0.717) is 13.1 Å². The largest absolute Gasteiger partial charge is 0.505 e. The first-order valence-corrected chi connectivity index (χ1v) is 5.02. The Morgan fingerprint density at radius 1 is 1.69 bits per heavy atom. The Labute approximate surface area is 91.8 Å². The van der Waals surface area contributed by atoms with Crippen molar-refractivity contribution in [1.82, 2.24) is 9.88 Å². The number of fused-ring (bicyclic) bond motifs is 1. The van der Waals surface area contributed by atoms with Crippen molar-refractivity contribution in [3.8, 4) is 5.75 Å². The summed E-state index contributed by atoms with van der Waals surface area (Å²) in [6.07, 6.45) is 1.45. The third-order valence-electron chi connectivity index (χ3n) is 2.40. The molecule has 86 valence electrons. The van der Waals surface area contributed by atoms with Crippen molar-refractivity contribution < 1.29 is 19.4 Å². The van der Waals surface area contributed by atoms with E-state index >= 15 is 0 Å². The highest BCUT2D eigenvalue weighted by Gasteiger charge is 2.27. The number of rotatable bonds is 2. The van der Waals surface area contributed by atoms with Gasteiger partial charge >= 0.3 is 5.97 Å². The molecule has 0 unspecified atom stereocenters. The molecule has 0 bridgehead atoms. The lowest BCUT2D eigenvalue weighted by Crippen LogP contribution is -2.34. The van der Waals surface area contributed by atoms with Gasteiger partial charge in [-0.2, -0.15) is 0 Å². The van der Waals surface area contributed by atoms with Gasteiger partial charge in [0, 0.05) is 19.3 Å². The van der Waals surface area contributed by atoms with Gasteiger partial charge in [-0.25, -0.2) is 4.79 Å². The lowest BCUT2D eigenvalue weighted by atomic mass is 10.2. The van der Waals surface area contributed by atoms with Crippen LogP contribution in [0.4, 0.5) is 0 Å². The van der Waals surface area contributed by atoms with Crippen molar-refractivity contribution in [1.29, 1.82) is 0 Å². The lowest BCUT2D eigenvalue weighted by Gasteiger charge is -2.15. The maximum atomic E-state index is 11.5. The second kappa shape index (κ2) is 3.88. The predicted molar refractivity (Wildman–Crippen MR) is 54.4 cm³/mol. The standard InChI is InChI=1S/C10H12N2O4/c1-2-16-10(15)6-5-12-4-3-11-9(14)7(12)8(6)13/h5,13H,2-4H2,1H3,(H,11,14). The highest BCUT2D eigenvalue weighted by molar-refractivity contribution is 6.02. The van der Waals surface area contributed by atoms with Crippen molar-refractivity contribution in [2.45, 2.75) is 13.5 Å². The molecular weight excluding hydrogens is 212 g/mol. The minimum absolute atomic E-state index is 0.0360. The van der Waals surface area contributed by atoms with E-state index in [2.05, 4.69) is 5.32 Å². The van der Waals surface area contributed by atoms with Crippen LogP contribution < -0.4 is 5.32 Å². The second-order valence-electron chi connectivity index (χ2n) is 3.41. The molecule has 16 heavy (non-hydrogen) atoms. The lowest BCUT2D eigenvalue weighted by molar-refractivity contribution is 0.0523. The quantitative estimate of drug-likeness (QED) is 0.699. The number of nitrogens with zero attached hydrogens (tertiary/aromatic N) is 1. The van der Waals surface area contributed by atoms with E-state index in [-0.39, 0.29) is 29.5 Å². The van der Waals surface area contributed by atoms with Crippen LogP contribution in [0.3, 0.4) is 0 Å².